The molecule has 2 rings (SSSR count). The summed E-state index contributed by atoms with van der Waals surface area (Å²) in [7, 11) is 0. The maximum Gasteiger partial charge on any atom is 0.324 e. The fourth-order valence-electron chi connectivity index (χ4n) is 3.23. The molecule has 2 N–H and O–H groups in total. The van der Waals surface area contributed by atoms with E-state index >= 15 is 0 Å². The molecule has 158 valence electrons. The van der Waals surface area contributed by atoms with E-state index in [1.165, 1.54) is 0 Å². The minimum absolute atomic E-state index is 0.0158. The maximum absolute atomic E-state index is 12.3. The molecule has 0 spiro atoms. The van der Waals surface area contributed by atoms with Gasteiger partial charge in [0.2, 0.25) is 17.7 Å². The van der Waals surface area contributed by atoms with Gasteiger partial charge in [-0.1, -0.05) is 26.0 Å². The summed E-state index contributed by atoms with van der Waals surface area (Å²) in [5.41, 5.74) is 1.35. The van der Waals surface area contributed by atoms with Gasteiger partial charge in [0, 0.05) is 31.6 Å². The molecule has 29 heavy (non-hydrogen) atoms. The number of carbonyl (C=O) groups excluding carboxylic acids is 4. The van der Waals surface area contributed by atoms with Crippen LogP contribution in [0.1, 0.15) is 51.5 Å². The first-order valence-corrected chi connectivity index (χ1v) is 10.2. The molecule has 0 aliphatic carbocycles. The molecule has 1 aliphatic heterocycles. The lowest BCUT2D eigenvalue weighted by Crippen LogP contribution is -2.32. The topological polar surface area (TPSA) is 98.8 Å². The largest absolute Gasteiger partial charge is 0.343 e. The lowest BCUT2D eigenvalue weighted by atomic mass is 10.1. The molecule has 0 unspecified atom stereocenters. The van der Waals surface area contributed by atoms with Crippen LogP contribution in [0, 0.1) is 0 Å². The summed E-state index contributed by atoms with van der Waals surface area (Å²) >= 11 is 0. The van der Waals surface area contributed by atoms with E-state index in [-0.39, 0.29) is 37.2 Å². The van der Waals surface area contributed by atoms with E-state index in [1.54, 1.807) is 24.3 Å². The van der Waals surface area contributed by atoms with Crippen molar-refractivity contribution in [2.45, 2.75) is 52.5 Å². The summed E-state index contributed by atoms with van der Waals surface area (Å²) in [6.07, 6.45) is 2.96. The molecule has 0 radical (unpaired) electrons. The number of hydrogen-bond donors (Lipinski definition) is 2. The molecule has 1 aromatic rings. The van der Waals surface area contributed by atoms with Crippen LogP contribution in [0.15, 0.2) is 24.3 Å². The lowest BCUT2D eigenvalue weighted by molar-refractivity contribution is -0.131. The highest BCUT2D eigenvalue weighted by atomic mass is 16.2. The third-order valence-electron chi connectivity index (χ3n) is 4.62. The summed E-state index contributed by atoms with van der Waals surface area (Å²) in [4.78, 5) is 50.8. The third-order valence-corrected chi connectivity index (χ3v) is 4.62. The number of benzene rings is 1. The fraction of sp³-hybridized carbons (Fsp3) is 0.524. The van der Waals surface area contributed by atoms with Gasteiger partial charge in [-0.3, -0.25) is 19.3 Å². The van der Waals surface area contributed by atoms with E-state index in [0.717, 1.165) is 36.4 Å². The van der Waals surface area contributed by atoms with Gasteiger partial charge in [0.1, 0.15) is 0 Å². The van der Waals surface area contributed by atoms with Gasteiger partial charge in [-0.25, -0.2) is 4.79 Å². The van der Waals surface area contributed by atoms with Crippen molar-refractivity contribution >= 4 is 29.4 Å². The summed E-state index contributed by atoms with van der Waals surface area (Å²) in [5, 5.41) is 5.29. The zero-order valence-electron chi connectivity index (χ0n) is 17.2. The molecular weight excluding hydrogens is 372 g/mol. The Bertz CT molecular complexity index is 728. The molecule has 8 heteroatoms. The Morgan fingerprint density at radius 2 is 1.86 bits per heavy atom. The normalized spacial score (nSPS) is 13.4. The van der Waals surface area contributed by atoms with E-state index in [9.17, 15) is 19.2 Å². The fourth-order valence-corrected chi connectivity index (χ4v) is 3.23. The van der Waals surface area contributed by atoms with Crippen molar-refractivity contribution in [3.05, 3.63) is 29.8 Å². The van der Waals surface area contributed by atoms with Crippen molar-refractivity contribution in [1.82, 2.24) is 15.1 Å². The van der Waals surface area contributed by atoms with Crippen LogP contribution in [0.3, 0.4) is 0 Å². The third kappa shape index (κ3) is 6.89. The number of carbonyl (C=O) groups is 4. The van der Waals surface area contributed by atoms with Gasteiger partial charge >= 0.3 is 6.03 Å². The minimum atomic E-state index is -0.408. The first-order chi connectivity index (χ1) is 13.9. The van der Waals surface area contributed by atoms with Crippen molar-refractivity contribution in [3.8, 4) is 0 Å². The molecule has 8 nitrogen and oxygen atoms in total. The van der Waals surface area contributed by atoms with Crippen molar-refractivity contribution in [2.75, 3.05) is 25.0 Å². The smallest absolute Gasteiger partial charge is 0.324 e. The second-order valence-electron chi connectivity index (χ2n) is 7.12. The highest BCUT2D eigenvalue weighted by molar-refractivity contribution is 6.01. The molecule has 0 saturated carbocycles. The van der Waals surface area contributed by atoms with E-state index in [0.29, 0.717) is 18.5 Å². The Hall–Kier alpha value is -2.90. The Morgan fingerprint density at radius 3 is 2.48 bits per heavy atom. The molecule has 1 heterocycles. The van der Waals surface area contributed by atoms with Gasteiger partial charge in [0.25, 0.3) is 0 Å². The molecule has 0 aromatic heterocycles. The Balaban J connectivity index is 1.81. The van der Waals surface area contributed by atoms with Crippen molar-refractivity contribution < 1.29 is 19.2 Å². The number of amides is 5. The van der Waals surface area contributed by atoms with E-state index in [2.05, 4.69) is 10.6 Å². The quantitative estimate of drug-likeness (QED) is 0.556. The molecule has 1 fully saturated rings. The lowest BCUT2D eigenvalue weighted by Gasteiger charge is -2.21. The van der Waals surface area contributed by atoms with Gasteiger partial charge in [-0.15, -0.1) is 0 Å². The van der Waals surface area contributed by atoms with Crippen molar-refractivity contribution in [1.29, 1.82) is 0 Å². The zero-order chi connectivity index (χ0) is 21.2. The summed E-state index contributed by atoms with van der Waals surface area (Å²) < 4.78 is 0. The number of anilines is 1. The molecule has 1 aromatic carbocycles. The highest BCUT2D eigenvalue weighted by Crippen LogP contribution is 2.15. The Labute approximate surface area is 171 Å². The molecular formula is C21H30N4O4. The number of hydrogen-bond acceptors (Lipinski definition) is 4. The first-order valence-electron chi connectivity index (χ1n) is 10.2. The first kappa shape index (κ1) is 22.4. The van der Waals surface area contributed by atoms with E-state index in [4.69, 9.17) is 0 Å². The monoisotopic (exact) mass is 402 g/mol. The summed E-state index contributed by atoms with van der Waals surface area (Å²) in [5.74, 6) is -0.339. The SMILES string of the molecule is CCCN(CCC)C(=O)CCCC(=O)Nc1cccc(CN2C(=O)CNC2=O)c1. The number of urea groups is 1. The van der Waals surface area contributed by atoms with Gasteiger partial charge in [-0.2, -0.15) is 0 Å². The summed E-state index contributed by atoms with van der Waals surface area (Å²) in [6.45, 7) is 5.77. The van der Waals surface area contributed by atoms with Crippen LogP contribution in [0.2, 0.25) is 0 Å². The summed E-state index contributed by atoms with van der Waals surface area (Å²) in [6, 6.07) is 6.65. The maximum atomic E-state index is 12.3. The number of nitrogens with zero attached hydrogens (tertiary/aromatic N) is 2. The van der Waals surface area contributed by atoms with Crippen molar-refractivity contribution in [3.63, 3.8) is 0 Å². The van der Waals surface area contributed by atoms with Crippen LogP contribution >= 0.6 is 0 Å². The number of imide groups is 1. The molecule has 1 aliphatic rings. The van der Waals surface area contributed by atoms with Crippen LogP contribution in [0.25, 0.3) is 0 Å². The predicted octanol–water partition coefficient (Wildman–Crippen LogP) is 2.50. The van der Waals surface area contributed by atoms with Gasteiger partial charge in [0.15, 0.2) is 0 Å². The molecule has 5 amide bonds. The minimum Gasteiger partial charge on any atom is -0.343 e. The van der Waals surface area contributed by atoms with Crippen LogP contribution < -0.4 is 10.6 Å². The average molecular weight is 402 g/mol. The number of rotatable bonds is 11. The average Bonchev–Trinajstić information content (AvgIpc) is 3.00. The van der Waals surface area contributed by atoms with Crippen molar-refractivity contribution in [2.24, 2.45) is 0 Å². The second kappa shape index (κ2) is 11.2. The van der Waals surface area contributed by atoms with E-state index in [1.807, 2.05) is 18.7 Å². The van der Waals surface area contributed by atoms with Gasteiger partial charge < -0.3 is 15.5 Å². The standard InChI is InChI=1S/C21H30N4O4/c1-3-11-24(12-4-2)19(27)10-6-9-18(26)23-17-8-5-7-16(13-17)15-25-20(28)14-22-21(25)29/h5,7-8,13H,3-4,6,9-12,14-15H2,1-2H3,(H,22,29)(H,23,26). The Morgan fingerprint density at radius 1 is 1.14 bits per heavy atom. The predicted molar refractivity (Wildman–Crippen MR) is 110 cm³/mol. The molecule has 0 atom stereocenters. The van der Waals surface area contributed by atoms with E-state index < -0.39 is 6.03 Å². The van der Waals surface area contributed by atoms with Gasteiger partial charge in [0.05, 0.1) is 13.1 Å². The molecule has 0 bridgehead atoms. The number of nitrogens with one attached hydrogen (secondary N) is 2. The van der Waals surface area contributed by atoms with Crippen LogP contribution in [-0.2, 0) is 20.9 Å². The van der Waals surface area contributed by atoms with Crippen LogP contribution in [0.5, 0.6) is 0 Å². The highest BCUT2D eigenvalue weighted by Gasteiger charge is 2.28. The van der Waals surface area contributed by atoms with Crippen LogP contribution in [0.4, 0.5) is 10.5 Å². The molecule has 1 saturated heterocycles. The zero-order valence-corrected chi connectivity index (χ0v) is 17.2. The Kier molecular flexibility index (Phi) is 8.64. The van der Waals surface area contributed by atoms with Gasteiger partial charge in [-0.05, 0) is 37.0 Å². The second-order valence-corrected chi connectivity index (χ2v) is 7.12. The van der Waals surface area contributed by atoms with Crippen LogP contribution in [-0.4, -0.2) is 53.2 Å².